The molecule has 2 aromatic rings. The number of aryl methyl sites for hydroxylation is 1. The molecule has 0 aliphatic heterocycles. The fraction of sp³-hybridized carbons (Fsp3) is 0.200. The molecule has 0 aromatic carbocycles. The van der Waals surface area contributed by atoms with Crippen molar-refractivity contribution in [3.05, 3.63) is 34.0 Å². The number of anilines is 2. The second kappa shape index (κ2) is 4.27. The summed E-state index contributed by atoms with van der Waals surface area (Å²) in [5.41, 5.74) is 6.74. The van der Waals surface area contributed by atoms with Crippen LogP contribution in [0.25, 0.3) is 0 Å². The molecular weight excluding hydrogens is 208 g/mol. The lowest BCUT2D eigenvalue weighted by atomic mass is 10.3. The normalized spacial score (nSPS) is 10.2. The lowest BCUT2D eigenvalue weighted by molar-refractivity contribution is 1.01. The van der Waals surface area contributed by atoms with E-state index in [0.717, 1.165) is 12.4 Å². The minimum absolute atomic E-state index is 0.438. The van der Waals surface area contributed by atoms with Crippen LogP contribution >= 0.6 is 11.3 Å². The molecular formula is C10H12N4S. The third-order valence-electron chi connectivity index (χ3n) is 2.08. The third kappa shape index (κ3) is 2.44. The van der Waals surface area contributed by atoms with E-state index in [4.69, 9.17) is 5.73 Å². The van der Waals surface area contributed by atoms with E-state index in [2.05, 4.69) is 33.9 Å². The van der Waals surface area contributed by atoms with Crippen LogP contribution in [-0.4, -0.2) is 10.2 Å². The first-order valence-electron chi connectivity index (χ1n) is 4.62. The van der Waals surface area contributed by atoms with E-state index < -0.39 is 0 Å². The molecule has 2 aromatic heterocycles. The number of hydrogen-bond donors (Lipinski definition) is 2. The van der Waals surface area contributed by atoms with E-state index in [0.29, 0.717) is 5.82 Å². The van der Waals surface area contributed by atoms with Crippen molar-refractivity contribution in [2.45, 2.75) is 13.5 Å². The van der Waals surface area contributed by atoms with Gasteiger partial charge in [0.25, 0.3) is 0 Å². The zero-order chi connectivity index (χ0) is 10.7. The van der Waals surface area contributed by atoms with Gasteiger partial charge in [-0.15, -0.1) is 21.5 Å². The number of thiophene rings is 1. The van der Waals surface area contributed by atoms with Crippen molar-refractivity contribution >= 4 is 23.0 Å². The number of nitrogen functional groups attached to an aromatic ring is 1. The van der Waals surface area contributed by atoms with Crippen molar-refractivity contribution < 1.29 is 0 Å². The summed E-state index contributed by atoms with van der Waals surface area (Å²) in [6, 6.07) is 5.66. The predicted octanol–water partition coefficient (Wildman–Crippen LogP) is 2.04. The zero-order valence-electron chi connectivity index (χ0n) is 8.40. The Morgan fingerprint density at radius 3 is 2.80 bits per heavy atom. The first kappa shape index (κ1) is 9.92. The van der Waals surface area contributed by atoms with Crippen LogP contribution in [0.5, 0.6) is 0 Å². The zero-order valence-corrected chi connectivity index (χ0v) is 9.21. The van der Waals surface area contributed by atoms with Gasteiger partial charge in [-0.05, 0) is 36.1 Å². The van der Waals surface area contributed by atoms with Crippen LogP contribution in [0, 0.1) is 6.92 Å². The Labute approximate surface area is 92.2 Å². The van der Waals surface area contributed by atoms with Crippen molar-refractivity contribution in [3.63, 3.8) is 0 Å². The van der Waals surface area contributed by atoms with Gasteiger partial charge in [-0.25, -0.2) is 0 Å². The summed E-state index contributed by atoms with van der Waals surface area (Å²) < 4.78 is 0. The molecule has 0 saturated carbocycles. The van der Waals surface area contributed by atoms with Gasteiger partial charge in [-0.1, -0.05) is 0 Å². The van der Waals surface area contributed by atoms with E-state index in [1.807, 2.05) is 6.07 Å². The molecule has 2 rings (SSSR count). The Hall–Kier alpha value is -1.62. The first-order valence-corrected chi connectivity index (χ1v) is 5.50. The molecule has 0 amide bonds. The van der Waals surface area contributed by atoms with Crippen molar-refractivity contribution in [2.24, 2.45) is 0 Å². The standard InChI is InChI=1S/C10H12N4S/c1-7-4-5-15-8(7)6-12-10-3-2-9(11)13-14-10/h2-5H,6H2,1H3,(H2,11,13)(H,12,14). The van der Waals surface area contributed by atoms with E-state index in [1.165, 1.54) is 10.4 Å². The monoisotopic (exact) mass is 220 g/mol. The summed E-state index contributed by atoms with van der Waals surface area (Å²) in [5, 5.41) is 13.0. The van der Waals surface area contributed by atoms with Gasteiger partial charge in [0, 0.05) is 4.88 Å². The minimum Gasteiger partial charge on any atom is -0.382 e. The fourth-order valence-corrected chi connectivity index (χ4v) is 2.04. The highest BCUT2D eigenvalue weighted by atomic mass is 32.1. The fourth-order valence-electron chi connectivity index (χ4n) is 1.19. The summed E-state index contributed by atoms with van der Waals surface area (Å²) >= 11 is 1.74. The van der Waals surface area contributed by atoms with Gasteiger partial charge >= 0.3 is 0 Å². The average Bonchev–Trinajstić information content (AvgIpc) is 2.63. The number of aromatic nitrogens is 2. The van der Waals surface area contributed by atoms with Crippen molar-refractivity contribution in [3.8, 4) is 0 Å². The highest BCUT2D eigenvalue weighted by Crippen LogP contribution is 2.16. The molecule has 0 aliphatic rings. The second-order valence-electron chi connectivity index (χ2n) is 3.22. The summed E-state index contributed by atoms with van der Waals surface area (Å²) in [6.45, 7) is 2.88. The van der Waals surface area contributed by atoms with E-state index in [-0.39, 0.29) is 0 Å². The van der Waals surface area contributed by atoms with Crippen molar-refractivity contribution in [1.82, 2.24) is 10.2 Å². The van der Waals surface area contributed by atoms with Crippen LogP contribution in [0.3, 0.4) is 0 Å². The Kier molecular flexibility index (Phi) is 2.82. The van der Waals surface area contributed by atoms with Crippen LogP contribution in [0.15, 0.2) is 23.6 Å². The van der Waals surface area contributed by atoms with Crippen LogP contribution in [0.1, 0.15) is 10.4 Å². The van der Waals surface area contributed by atoms with Gasteiger partial charge in [0.1, 0.15) is 11.6 Å². The van der Waals surface area contributed by atoms with E-state index in [9.17, 15) is 0 Å². The molecule has 0 spiro atoms. The lowest BCUT2D eigenvalue weighted by Gasteiger charge is -2.03. The quantitative estimate of drug-likeness (QED) is 0.830. The van der Waals surface area contributed by atoms with Crippen molar-refractivity contribution in [1.29, 1.82) is 0 Å². The number of nitrogens with one attached hydrogen (secondary N) is 1. The van der Waals surface area contributed by atoms with Crippen LogP contribution in [-0.2, 0) is 6.54 Å². The highest BCUT2D eigenvalue weighted by Gasteiger charge is 2.00. The molecule has 0 atom stereocenters. The molecule has 0 bridgehead atoms. The van der Waals surface area contributed by atoms with Crippen LogP contribution in [0.2, 0.25) is 0 Å². The Balaban J connectivity index is 1.99. The Morgan fingerprint density at radius 2 is 2.20 bits per heavy atom. The molecule has 15 heavy (non-hydrogen) atoms. The average molecular weight is 220 g/mol. The van der Waals surface area contributed by atoms with Gasteiger partial charge in [0.2, 0.25) is 0 Å². The van der Waals surface area contributed by atoms with Crippen LogP contribution in [0.4, 0.5) is 11.6 Å². The van der Waals surface area contributed by atoms with Gasteiger partial charge in [-0.3, -0.25) is 0 Å². The topological polar surface area (TPSA) is 63.8 Å². The van der Waals surface area contributed by atoms with Gasteiger partial charge in [-0.2, -0.15) is 0 Å². The number of hydrogen-bond acceptors (Lipinski definition) is 5. The number of nitrogens with two attached hydrogens (primary N) is 1. The number of rotatable bonds is 3. The van der Waals surface area contributed by atoms with Crippen molar-refractivity contribution in [2.75, 3.05) is 11.1 Å². The molecule has 78 valence electrons. The molecule has 2 heterocycles. The molecule has 3 N–H and O–H groups in total. The SMILES string of the molecule is Cc1ccsc1CNc1ccc(N)nn1. The minimum atomic E-state index is 0.438. The molecule has 4 nitrogen and oxygen atoms in total. The third-order valence-corrected chi connectivity index (χ3v) is 3.11. The maximum Gasteiger partial charge on any atom is 0.149 e. The largest absolute Gasteiger partial charge is 0.382 e. The Bertz CT molecular complexity index is 435. The van der Waals surface area contributed by atoms with Crippen LogP contribution < -0.4 is 11.1 Å². The van der Waals surface area contributed by atoms with E-state index in [1.54, 1.807) is 17.4 Å². The van der Waals surface area contributed by atoms with E-state index >= 15 is 0 Å². The first-order chi connectivity index (χ1) is 7.25. The lowest BCUT2D eigenvalue weighted by Crippen LogP contribution is -2.02. The highest BCUT2D eigenvalue weighted by molar-refractivity contribution is 7.10. The Morgan fingerprint density at radius 1 is 1.33 bits per heavy atom. The smallest absolute Gasteiger partial charge is 0.149 e. The summed E-state index contributed by atoms with van der Waals surface area (Å²) in [4.78, 5) is 1.31. The second-order valence-corrected chi connectivity index (χ2v) is 4.22. The molecule has 0 saturated heterocycles. The molecule has 0 fully saturated rings. The summed E-state index contributed by atoms with van der Waals surface area (Å²) in [6.07, 6.45) is 0. The van der Waals surface area contributed by atoms with Gasteiger partial charge in [0.05, 0.1) is 6.54 Å². The number of nitrogens with zero attached hydrogens (tertiary/aromatic N) is 2. The summed E-state index contributed by atoms with van der Waals surface area (Å²) in [7, 11) is 0. The van der Waals surface area contributed by atoms with Gasteiger partial charge < -0.3 is 11.1 Å². The molecule has 5 heteroatoms. The molecule has 0 radical (unpaired) electrons. The predicted molar refractivity (Wildman–Crippen MR) is 62.8 cm³/mol. The maximum atomic E-state index is 5.44. The maximum absolute atomic E-state index is 5.44. The van der Waals surface area contributed by atoms with Gasteiger partial charge in [0.15, 0.2) is 0 Å². The molecule has 0 unspecified atom stereocenters. The molecule has 0 aliphatic carbocycles. The summed E-state index contributed by atoms with van der Waals surface area (Å²) in [5.74, 6) is 1.19.